The second-order valence-electron chi connectivity index (χ2n) is 4.79. The minimum atomic E-state index is -0.450. The van der Waals surface area contributed by atoms with Gasteiger partial charge in [0.05, 0.1) is 5.25 Å². The summed E-state index contributed by atoms with van der Waals surface area (Å²) in [5, 5.41) is 16.2. The third-order valence-corrected chi connectivity index (χ3v) is 4.28. The molecule has 1 saturated carbocycles. The molecule has 1 aromatic heterocycles. The maximum absolute atomic E-state index is 11.9. The Balaban J connectivity index is 1.78. The van der Waals surface area contributed by atoms with Gasteiger partial charge in [-0.1, -0.05) is 24.6 Å². The molecule has 0 radical (unpaired) electrons. The highest BCUT2D eigenvalue weighted by Gasteiger charge is 2.22. The van der Waals surface area contributed by atoms with E-state index in [1.807, 2.05) is 0 Å². The van der Waals surface area contributed by atoms with Crippen LogP contribution in [0, 0.1) is 0 Å². The lowest BCUT2D eigenvalue weighted by atomic mass is 10.2. The highest BCUT2D eigenvalue weighted by atomic mass is 32.2. The molecule has 0 spiro atoms. The number of urea groups is 1. The van der Waals surface area contributed by atoms with Crippen LogP contribution in [-0.4, -0.2) is 43.4 Å². The van der Waals surface area contributed by atoms with Crippen LogP contribution < -0.4 is 10.6 Å². The number of aromatic nitrogens is 4. The molecule has 0 bridgehead atoms. The Labute approximate surface area is 121 Å². The number of thioether (sulfide) groups is 1. The summed E-state index contributed by atoms with van der Waals surface area (Å²) in [5.74, 6) is -0.353. The Morgan fingerprint density at radius 2 is 2.10 bits per heavy atom. The predicted octanol–water partition coefficient (Wildman–Crippen LogP) is 0.459. The lowest BCUT2D eigenvalue weighted by molar-refractivity contribution is -0.119. The minimum absolute atomic E-state index is 0.189. The van der Waals surface area contributed by atoms with Crippen LogP contribution in [-0.2, 0) is 11.8 Å². The van der Waals surface area contributed by atoms with E-state index in [0.29, 0.717) is 5.16 Å². The molecule has 0 aromatic carbocycles. The molecule has 1 atom stereocenters. The topological polar surface area (TPSA) is 102 Å². The molecule has 1 aliphatic rings. The minimum Gasteiger partial charge on any atom is -0.335 e. The summed E-state index contributed by atoms with van der Waals surface area (Å²) >= 11 is 1.20. The van der Waals surface area contributed by atoms with Crippen molar-refractivity contribution in [1.82, 2.24) is 30.8 Å². The van der Waals surface area contributed by atoms with Gasteiger partial charge in [-0.05, 0) is 30.2 Å². The van der Waals surface area contributed by atoms with E-state index in [0.717, 1.165) is 25.7 Å². The third kappa shape index (κ3) is 3.92. The molecule has 1 fully saturated rings. The van der Waals surface area contributed by atoms with Gasteiger partial charge in [0.25, 0.3) is 0 Å². The van der Waals surface area contributed by atoms with Gasteiger partial charge in [-0.2, -0.15) is 0 Å². The van der Waals surface area contributed by atoms with Gasteiger partial charge in [0.15, 0.2) is 0 Å². The first kappa shape index (κ1) is 14.8. The quantitative estimate of drug-likeness (QED) is 0.783. The van der Waals surface area contributed by atoms with Crippen molar-refractivity contribution in [2.45, 2.75) is 49.1 Å². The fraction of sp³-hybridized carbons (Fsp3) is 0.727. The van der Waals surface area contributed by atoms with Crippen LogP contribution in [0.3, 0.4) is 0 Å². The monoisotopic (exact) mass is 298 g/mol. The van der Waals surface area contributed by atoms with Crippen LogP contribution in [0.15, 0.2) is 5.16 Å². The standard InChI is InChI=1S/C11H18N6O2S/c1-7(20-11-14-15-16-17(11)2)9(18)13-10(19)12-8-5-3-4-6-8/h7-8H,3-6H2,1-2H3,(H2,12,13,18,19)/t7-/m1/s1. The molecule has 3 amide bonds. The van der Waals surface area contributed by atoms with Crippen molar-refractivity contribution < 1.29 is 9.59 Å². The number of aryl methyl sites for hydroxylation is 1. The summed E-state index contributed by atoms with van der Waals surface area (Å²) < 4.78 is 1.48. The first-order valence-electron chi connectivity index (χ1n) is 6.56. The zero-order chi connectivity index (χ0) is 14.5. The van der Waals surface area contributed by atoms with E-state index >= 15 is 0 Å². The molecule has 1 heterocycles. The van der Waals surface area contributed by atoms with Crippen molar-refractivity contribution in [1.29, 1.82) is 0 Å². The molecule has 2 N–H and O–H groups in total. The Morgan fingerprint density at radius 3 is 2.70 bits per heavy atom. The number of carbonyl (C=O) groups is 2. The molecule has 0 aliphatic heterocycles. The summed E-state index contributed by atoms with van der Waals surface area (Å²) in [6.07, 6.45) is 4.22. The van der Waals surface area contributed by atoms with Gasteiger partial charge in [-0.25, -0.2) is 9.48 Å². The summed E-state index contributed by atoms with van der Waals surface area (Å²) in [6, 6.07) is -0.237. The fourth-order valence-electron chi connectivity index (χ4n) is 2.04. The van der Waals surface area contributed by atoms with Crippen LogP contribution in [0.25, 0.3) is 0 Å². The van der Waals surface area contributed by atoms with Crippen LogP contribution in [0.1, 0.15) is 32.6 Å². The van der Waals surface area contributed by atoms with E-state index in [-0.39, 0.29) is 11.9 Å². The maximum atomic E-state index is 11.9. The average molecular weight is 298 g/mol. The molecule has 8 nitrogen and oxygen atoms in total. The van der Waals surface area contributed by atoms with Crippen molar-refractivity contribution in [3.63, 3.8) is 0 Å². The van der Waals surface area contributed by atoms with Gasteiger partial charge >= 0.3 is 6.03 Å². The van der Waals surface area contributed by atoms with E-state index in [4.69, 9.17) is 0 Å². The lowest BCUT2D eigenvalue weighted by Gasteiger charge is -2.14. The second-order valence-corrected chi connectivity index (χ2v) is 6.10. The highest BCUT2D eigenvalue weighted by molar-refractivity contribution is 8.00. The molecule has 20 heavy (non-hydrogen) atoms. The van der Waals surface area contributed by atoms with Crippen molar-refractivity contribution in [2.24, 2.45) is 7.05 Å². The Morgan fingerprint density at radius 1 is 1.40 bits per heavy atom. The van der Waals surface area contributed by atoms with E-state index in [1.54, 1.807) is 14.0 Å². The second kappa shape index (κ2) is 6.69. The summed E-state index contributed by atoms with van der Waals surface area (Å²) in [4.78, 5) is 23.6. The molecular weight excluding hydrogens is 280 g/mol. The fourth-order valence-corrected chi connectivity index (χ4v) is 2.79. The van der Waals surface area contributed by atoms with Gasteiger partial charge in [0.2, 0.25) is 11.1 Å². The van der Waals surface area contributed by atoms with Crippen LogP contribution >= 0.6 is 11.8 Å². The van der Waals surface area contributed by atoms with Gasteiger partial charge < -0.3 is 5.32 Å². The largest absolute Gasteiger partial charge is 0.335 e. The van der Waals surface area contributed by atoms with E-state index in [9.17, 15) is 9.59 Å². The summed E-state index contributed by atoms with van der Waals surface area (Å²) in [7, 11) is 1.69. The van der Waals surface area contributed by atoms with Crippen molar-refractivity contribution in [3.05, 3.63) is 0 Å². The summed E-state index contributed by atoms with van der Waals surface area (Å²) in [6.45, 7) is 1.71. The van der Waals surface area contributed by atoms with Crippen molar-refractivity contribution in [3.8, 4) is 0 Å². The number of imide groups is 1. The molecular formula is C11H18N6O2S. The molecule has 2 rings (SSSR count). The van der Waals surface area contributed by atoms with Gasteiger partial charge in [0.1, 0.15) is 0 Å². The zero-order valence-electron chi connectivity index (χ0n) is 11.5. The zero-order valence-corrected chi connectivity index (χ0v) is 12.3. The molecule has 9 heteroatoms. The van der Waals surface area contributed by atoms with E-state index in [1.165, 1.54) is 16.4 Å². The number of carbonyl (C=O) groups excluding carboxylic acids is 2. The molecule has 0 saturated heterocycles. The smallest absolute Gasteiger partial charge is 0.321 e. The molecule has 0 unspecified atom stereocenters. The SMILES string of the molecule is C[C@@H](Sc1nnnn1C)C(=O)NC(=O)NC1CCCC1. The van der Waals surface area contributed by atoms with Gasteiger partial charge in [-0.15, -0.1) is 5.10 Å². The maximum Gasteiger partial charge on any atom is 0.321 e. The van der Waals surface area contributed by atoms with E-state index in [2.05, 4.69) is 26.2 Å². The number of hydrogen-bond donors (Lipinski definition) is 2. The number of rotatable bonds is 4. The highest BCUT2D eigenvalue weighted by Crippen LogP contribution is 2.19. The summed E-state index contributed by atoms with van der Waals surface area (Å²) in [5.41, 5.74) is 0. The Kier molecular flexibility index (Phi) is 4.94. The molecule has 110 valence electrons. The number of nitrogens with zero attached hydrogens (tertiary/aromatic N) is 4. The normalized spacial score (nSPS) is 16.9. The van der Waals surface area contributed by atoms with Gasteiger partial charge in [0, 0.05) is 13.1 Å². The number of nitrogens with one attached hydrogen (secondary N) is 2. The van der Waals surface area contributed by atoms with Crippen LogP contribution in [0.2, 0.25) is 0 Å². The third-order valence-electron chi connectivity index (χ3n) is 3.16. The number of hydrogen-bond acceptors (Lipinski definition) is 6. The van der Waals surface area contributed by atoms with Crippen molar-refractivity contribution in [2.75, 3.05) is 0 Å². The van der Waals surface area contributed by atoms with Crippen LogP contribution in [0.5, 0.6) is 0 Å². The lowest BCUT2D eigenvalue weighted by Crippen LogP contribution is -2.45. The molecule has 1 aromatic rings. The first-order chi connectivity index (χ1) is 9.56. The van der Waals surface area contributed by atoms with E-state index < -0.39 is 11.3 Å². The number of tetrazole rings is 1. The van der Waals surface area contributed by atoms with Crippen molar-refractivity contribution >= 4 is 23.7 Å². The van der Waals surface area contributed by atoms with Gasteiger partial charge in [-0.3, -0.25) is 10.1 Å². The predicted molar refractivity (Wildman–Crippen MR) is 73.0 cm³/mol. The first-order valence-corrected chi connectivity index (χ1v) is 7.44. The average Bonchev–Trinajstić information content (AvgIpc) is 3.02. The Bertz CT molecular complexity index is 485. The molecule has 1 aliphatic carbocycles. The number of amides is 3. The Hall–Kier alpha value is -1.64. The van der Waals surface area contributed by atoms with Crippen LogP contribution in [0.4, 0.5) is 4.79 Å².